The van der Waals surface area contributed by atoms with Crippen molar-refractivity contribution in [3.63, 3.8) is 0 Å². The Morgan fingerprint density at radius 1 is 0.903 bits per heavy atom. The molecule has 0 heterocycles. The van der Waals surface area contributed by atoms with Gasteiger partial charge in [0, 0.05) is 5.92 Å². The van der Waals surface area contributed by atoms with Crippen molar-refractivity contribution >= 4 is 0 Å². The molecule has 1 fully saturated rings. The highest BCUT2D eigenvalue weighted by Crippen LogP contribution is 2.36. The van der Waals surface area contributed by atoms with Crippen LogP contribution in [-0.2, 0) is 22.7 Å². The van der Waals surface area contributed by atoms with Crippen LogP contribution in [0.25, 0.3) is 0 Å². The van der Waals surface area contributed by atoms with Crippen molar-refractivity contribution in [2.24, 2.45) is 11.8 Å². The van der Waals surface area contributed by atoms with Crippen molar-refractivity contribution in [3.05, 3.63) is 72.3 Å². The van der Waals surface area contributed by atoms with E-state index in [1.54, 1.807) is 14.2 Å². The molecule has 1 N–H and O–H groups in total. The van der Waals surface area contributed by atoms with E-state index in [0.717, 1.165) is 29.0 Å². The first-order valence-electron chi connectivity index (χ1n) is 10.9. The summed E-state index contributed by atoms with van der Waals surface area (Å²) in [7, 11) is 3.31. The van der Waals surface area contributed by atoms with Crippen molar-refractivity contribution in [3.8, 4) is 11.5 Å². The fraction of sp³-hybridized carbons (Fsp3) is 0.462. The summed E-state index contributed by atoms with van der Waals surface area (Å²) in [4.78, 5) is 0. The maximum absolute atomic E-state index is 10.8. The molecule has 5 atom stereocenters. The van der Waals surface area contributed by atoms with Crippen molar-refractivity contribution in [2.75, 3.05) is 14.2 Å². The second kappa shape index (κ2) is 11.3. The molecule has 31 heavy (non-hydrogen) atoms. The molecule has 0 aromatic heterocycles. The molecule has 2 aromatic carbocycles. The Kier molecular flexibility index (Phi) is 8.52. The van der Waals surface area contributed by atoms with Crippen LogP contribution in [0.2, 0.25) is 0 Å². The lowest BCUT2D eigenvalue weighted by Crippen LogP contribution is -2.50. The fourth-order valence-corrected chi connectivity index (χ4v) is 4.20. The monoisotopic (exact) mass is 426 g/mol. The topological polar surface area (TPSA) is 57.2 Å². The van der Waals surface area contributed by atoms with Crippen LogP contribution in [-0.4, -0.2) is 37.6 Å². The van der Waals surface area contributed by atoms with E-state index < -0.39 is 6.10 Å². The molecule has 0 amide bonds. The quantitative estimate of drug-likeness (QED) is 0.555. The molecule has 1 aliphatic rings. The van der Waals surface area contributed by atoms with Crippen LogP contribution in [0.3, 0.4) is 0 Å². The van der Waals surface area contributed by atoms with E-state index in [4.69, 9.17) is 18.9 Å². The molecule has 168 valence electrons. The Bertz CT molecular complexity index is 802. The third-order valence-corrected chi connectivity index (χ3v) is 6.14. The molecule has 0 saturated heterocycles. The average Bonchev–Trinajstić information content (AvgIpc) is 2.82. The van der Waals surface area contributed by atoms with Gasteiger partial charge in [0.2, 0.25) is 0 Å². The minimum atomic E-state index is -0.435. The zero-order valence-electron chi connectivity index (χ0n) is 18.7. The summed E-state index contributed by atoms with van der Waals surface area (Å²) >= 11 is 0. The van der Waals surface area contributed by atoms with Gasteiger partial charge in [0.25, 0.3) is 0 Å². The summed E-state index contributed by atoms with van der Waals surface area (Å²) in [5.74, 6) is 1.69. The first-order valence-corrected chi connectivity index (χ1v) is 10.9. The van der Waals surface area contributed by atoms with Gasteiger partial charge in [-0.05, 0) is 54.2 Å². The number of hydrogen-bond acceptors (Lipinski definition) is 5. The van der Waals surface area contributed by atoms with E-state index in [1.165, 1.54) is 0 Å². The number of allylic oxidation sites excluding steroid dienone is 1. The molecule has 0 radical (unpaired) electrons. The normalized spacial score (nSPS) is 24.4. The number of ether oxygens (including phenoxy) is 4. The Morgan fingerprint density at radius 2 is 1.42 bits per heavy atom. The van der Waals surface area contributed by atoms with Crippen molar-refractivity contribution in [1.29, 1.82) is 0 Å². The molecule has 0 unspecified atom stereocenters. The zero-order chi connectivity index (χ0) is 22.2. The summed E-state index contributed by atoms with van der Waals surface area (Å²) in [5, 5.41) is 10.8. The maximum Gasteiger partial charge on any atom is 0.118 e. The van der Waals surface area contributed by atoms with Gasteiger partial charge in [-0.2, -0.15) is 0 Å². The molecule has 1 aliphatic carbocycles. The van der Waals surface area contributed by atoms with Gasteiger partial charge in [0.05, 0.1) is 45.7 Å². The molecule has 5 heteroatoms. The second-order valence-electron chi connectivity index (χ2n) is 8.14. The molecule has 1 saturated carbocycles. The van der Waals surface area contributed by atoms with E-state index >= 15 is 0 Å². The minimum Gasteiger partial charge on any atom is -0.497 e. The average molecular weight is 427 g/mol. The van der Waals surface area contributed by atoms with Crippen molar-refractivity contribution < 1.29 is 24.1 Å². The smallest absolute Gasteiger partial charge is 0.118 e. The molecular formula is C26H34O5. The second-order valence-corrected chi connectivity index (χ2v) is 8.14. The van der Waals surface area contributed by atoms with Crippen LogP contribution in [0.15, 0.2) is 61.2 Å². The van der Waals surface area contributed by atoms with Gasteiger partial charge in [-0.25, -0.2) is 0 Å². The van der Waals surface area contributed by atoms with E-state index in [9.17, 15) is 5.11 Å². The van der Waals surface area contributed by atoms with Crippen LogP contribution >= 0.6 is 0 Å². The Morgan fingerprint density at radius 3 is 1.90 bits per heavy atom. The summed E-state index contributed by atoms with van der Waals surface area (Å²) in [6.45, 7) is 6.96. The van der Waals surface area contributed by atoms with Gasteiger partial charge in [0.1, 0.15) is 11.5 Å². The summed E-state index contributed by atoms with van der Waals surface area (Å²) in [6, 6.07) is 15.7. The van der Waals surface area contributed by atoms with Gasteiger partial charge in [0.15, 0.2) is 0 Å². The molecule has 2 aromatic rings. The molecule has 0 spiro atoms. The van der Waals surface area contributed by atoms with E-state index in [2.05, 4.69) is 13.5 Å². The lowest BCUT2D eigenvalue weighted by molar-refractivity contribution is -0.163. The number of rotatable bonds is 10. The summed E-state index contributed by atoms with van der Waals surface area (Å²) in [5.41, 5.74) is 2.13. The number of hydrogen-bond donors (Lipinski definition) is 1. The van der Waals surface area contributed by atoms with Crippen LogP contribution in [0, 0.1) is 11.8 Å². The highest BCUT2D eigenvalue weighted by atomic mass is 16.5. The lowest BCUT2D eigenvalue weighted by atomic mass is 9.75. The Balaban J connectivity index is 1.71. The third-order valence-electron chi connectivity index (χ3n) is 6.14. The van der Waals surface area contributed by atoms with Crippen LogP contribution < -0.4 is 9.47 Å². The predicted octanol–water partition coefficient (Wildman–Crippen LogP) is 4.77. The van der Waals surface area contributed by atoms with Gasteiger partial charge in [-0.1, -0.05) is 37.3 Å². The first kappa shape index (κ1) is 23.3. The molecular weight excluding hydrogens is 392 g/mol. The zero-order valence-corrected chi connectivity index (χ0v) is 18.7. The lowest BCUT2D eigenvalue weighted by Gasteiger charge is -2.42. The third kappa shape index (κ3) is 6.10. The molecule has 0 aliphatic heterocycles. The van der Waals surface area contributed by atoms with E-state index in [0.29, 0.717) is 19.6 Å². The number of aliphatic hydroxyl groups excluding tert-OH is 1. The van der Waals surface area contributed by atoms with Crippen molar-refractivity contribution in [2.45, 2.75) is 51.3 Å². The summed E-state index contributed by atoms with van der Waals surface area (Å²) < 4.78 is 23.2. The summed E-state index contributed by atoms with van der Waals surface area (Å²) in [6.07, 6.45) is 2.58. The highest BCUT2D eigenvalue weighted by Gasteiger charge is 2.42. The van der Waals surface area contributed by atoms with Gasteiger partial charge < -0.3 is 24.1 Å². The van der Waals surface area contributed by atoms with Crippen LogP contribution in [0.5, 0.6) is 11.5 Å². The number of methoxy groups -OCH3 is 2. The van der Waals surface area contributed by atoms with E-state index in [1.807, 2.05) is 54.6 Å². The maximum atomic E-state index is 10.8. The molecule has 3 rings (SSSR count). The molecule has 5 nitrogen and oxygen atoms in total. The number of aliphatic hydroxyl groups is 1. The van der Waals surface area contributed by atoms with E-state index in [-0.39, 0.29) is 24.0 Å². The van der Waals surface area contributed by atoms with Crippen LogP contribution in [0.4, 0.5) is 0 Å². The first-order chi connectivity index (χ1) is 15.0. The SMILES string of the molecule is C=C[C@@H](C)[C@H]1[C@H](OCc2ccc(OC)cc2)[C@@H](OCc2ccc(OC)cc2)CC[C@H]1O. The number of benzene rings is 2. The Labute approximate surface area is 185 Å². The van der Waals surface area contributed by atoms with Gasteiger partial charge in [-0.3, -0.25) is 0 Å². The Hall–Kier alpha value is -2.34. The van der Waals surface area contributed by atoms with Gasteiger partial charge in [-0.15, -0.1) is 6.58 Å². The molecule has 0 bridgehead atoms. The fourth-order valence-electron chi connectivity index (χ4n) is 4.20. The van der Waals surface area contributed by atoms with Gasteiger partial charge >= 0.3 is 0 Å². The highest BCUT2D eigenvalue weighted by molar-refractivity contribution is 5.27. The minimum absolute atomic E-state index is 0.0645. The largest absolute Gasteiger partial charge is 0.497 e. The van der Waals surface area contributed by atoms with Crippen LogP contribution in [0.1, 0.15) is 30.9 Å². The standard InChI is InChI=1S/C26H34O5/c1-5-18(2)25-23(27)14-15-24(30-16-19-6-10-21(28-3)11-7-19)26(25)31-17-20-8-12-22(29-4)13-9-20/h5-13,18,23-27H,1,14-17H2,2-4H3/t18-,23-,24+,25-,26-/m1/s1. The predicted molar refractivity (Wildman–Crippen MR) is 121 cm³/mol. The van der Waals surface area contributed by atoms with Crippen molar-refractivity contribution in [1.82, 2.24) is 0 Å².